The smallest absolute Gasteiger partial charge is 0.256 e. The van der Waals surface area contributed by atoms with Gasteiger partial charge in [0.25, 0.3) is 5.91 Å². The summed E-state index contributed by atoms with van der Waals surface area (Å²) < 4.78 is 32.1. The molecule has 0 saturated heterocycles. The molecule has 4 nitrogen and oxygen atoms in total. The van der Waals surface area contributed by atoms with E-state index < -0.39 is 23.6 Å². The zero-order chi connectivity index (χ0) is 18.0. The zero-order valence-electron chi connectivity index (χ0n) is 13.8. The van der Waals surface area contributed by atoms with Crippen LogP contribution in [0.1, 0.15) is 30.1 Å². The third-order valence-corrected chi connectivity index (χ3v) is 4.27. The summed E-state index contributed by atoms with van der Waals surface area (Å²) in [4.78, 5) is 14.2. The maximum Gasteiger partial charge on any atom is 0.256 e. The molecule has 1 unspecified atom stereocenters. The molecule has 0 aliphatic heterocycles. The predicted octanol–water partition coefficient (Wildman–Crippen LogP) is 3.20. The molecule has 1 atom stereocenters. The van der Waals surface area contributed by atoms with Crippen LogP contribution in [0, 0.1) is 11.6 Å². The monoisotopic (exact) mass is 347 g/mol. The molecular weight excluding hydrogens is 328 g/mol. The molecule has 1 aliphatic rings. The van der Waals surface area contributed by atoms with E-state index in [2.05, 4.69) is 0 Å². The third-order valence-electron chi connectivity index (χ3n) is 4.27. The number of ether oxygens (including phenoxy) is 1. The van der Waals surface area contributed by atoms with Gasteiger partial charge in [0.1, 0.15) is 17.4 Å². The van der Waals surface area contributed by atoms with Gasteiger partial charge in [0.05, 0.1) is 7.11 Å². The molecule has 25 heavy (non-hydrogen) atoms. The van der Waals surface area contributed by atoms with Crippen LogP contribution in [0.25, 0.3) is 0 Å². The van der Waals surface area contributed by atoms with Gasteiger partial charge in [0.2, 0.25) is 0 Å². The van der Waals surface area contributed by atoms with Crippen molar-refractivity contribution in [2.24, 2.45) is 0 Å². The summed E-state index contributed by atoms with van der Waals surface area (Å²) in [6.07, 6.45) is 0.248. The Morgan fingerprint density at radius 3 is 2.68 bits per heavy atom. The van der Waals surface area contributed by atoms with Gasteiger partial charge in [-0.05, 0) is 36.6 Å². The molecule has 132 valence electrons. The molecule has 0 spiro atoms. The maximum absolute atomic E-state index is 13.9. The van der Waals surface area contributed by atoms with Crippen LogP contribution >= 0.6 is 0 Å². The van der Waals surface area contributed by atoms with Crippen LogP contribution in [-0.4, -0.2) is 29.1 Å². The number of methoxy groups -OCH3 is 1. The van der Waals surface area contributed by atoms with Crippen LogP contribution in [-0.2, 0) is 11.3 Å². The van der Waals surface area contributed by atoms with E-state index in [0.29, 0.717) is 11.3 Å². The number of benzene rings is 2. The Labute approximate surface area is 144 Å². The lowest BCUT2D eigenvalue weighted by Gasteiger charge is -2.25. The van der Waals surface area contributed by atoms with Gasteiger partial charge in [-0.1, -0.05) is 18.2 Å². The van der Waals surface area contributed by atoms with Crippen molar-refractivity contribution >= 4 is 5.91 Å². The van der Waals surface area contributed by atoms with E-state index in [9.17, 15) is 18.7 Å². The molecule has 1 saturated carbocycles. The number of amides is 1. The number of rotatable bonds is 6. The standard InChI is InChI=1S/C19H19F2NO3/c1-25-16-4-2-3-12(9-16)18(23)19(24)22(15-7-8-15)11-13-5-6-14(20)10-17(13)21/h2-6,9-10,15,18,23H,7-8,11H2,1H3. The van der Waals surface area contributed by atoms with Crippen molar-refractivity contribution in [3.8, 4) is 5.75 Å². The highest BCUT2D eigenvalue weighted by Gasteiger charge is 2.36. The molecule has 0 radical (unpaired) electrons. The summed E-state index contributed by atoms with van der Waals surface area (Å²) in [6.45, 7) is -0.00333. The molecule has 3 rings (SSSR count). The first-order chi connectivity index (χ1) is 12.0. The van der Waals surface area contributed by atoms with E-state index in [1.165, 1.54) is 18.1 Å². The first-order valence-electron chi connectivity index (χ1n) is 8.06. The van der Waals surface area contributed by atoms with E-state index in [4.69, 9.17) is 4.74 Å². The van der Waals surface area contributed by atoms with Crippen molar-refractivity contribution in [3.63, 3.8) is 0 Å². The molecule has 6 heteroatoms. The van der Waals surface area contributed by atoms with E-state index in [1.54, 1.807) is 24.3 Å². The quantitative estimate of drug-likeness (QED) is 0.873. The van der Waals surface area contributed by atoms with Crippen molar-refractivity contribution < 1.29 is 23.4 Å². The fourth-order valence-corrected chi connectivity index (χ4v) is 2.72. The largest absolute Gasteiger partial charge is 0.497 e. The number of hydrogen-bond donors (Lipinski definition) is 1. The SMILES string of the molecule is COc1cccc(C(O)C(=O)N(Cc2ccc(F)cc2F)C2CC2)c1. The van der Waals surface area contributed by atoms with Crippen LogP contribution in [0.15, 0.2) is 42.5 Å². The van der Waals surface area contributed by atoms with Crippen molar-refractivity contribution in [1.29, 1.82) is 0 Å². The second-order valence-electron chi connectivity index (χ2n) is 6.11. The van der Waals surface area contributed by atoms with Crippen LogP contribution in [0.3, 0.4) is 0 Å². The van der Waals surface area contributed by atoms with Crippen molar-refractivity contribution in [2.75, 3.05) is 7.11 Å². The second kappa shape index (κ2) is 7.19. The minimum absolute atomic E-state index is 0.00333. The summed E-state index contributed by atoms with van der Waals surface area (Å²) in [6, 6.07) is 9.87. The van der Waals surface area contributed by atoms with E-state index in [0.717, 1.165) is 25.0 Å². The van der Waals surface area contributed by atoms with Crippen LogP contribution < -0.4 is 4.74 Å². The van der Waals surface area contributed by atoms with Gasteiger partial charge in [-0.2, -0.15) is 0 Å². The summed E-state index contributed by atoms with van der Waals surface area (Å²) in [7, 11) is 1.50. The first kappa shape index (κ1) is 17.4. The summed E-state index contributed by atoms with van der Waals surface area (Å²) >= 11 is 0. The number of nitrogens with zero attached hydrogens (tertiary/aromatic N) is 1. The van der Waals surface area contributed by atoms with Gasteiger partial charge in [-0.3, -0.25) is 4.79 Å². The molecular formula is C19H19F2NO3. The minimum Gasteiger partial charge on any atom is -0.497 e. The highest BCUT2D eigenvalue weighted by atomic mass is 19.1. The van der Waals surface area contributed by atoms with Crippen molar-refractivity contribution in [1.82, 2.24) is 4.90 Å². The average Bonchev–Trinajstić information content (AvgIpc) is 3.45. The van der Waals surface area contributed by atoms with Gasteiger partial charge in [0.15, 0.2) is 6.10 Å². The normalized spacial score (nSPS) is 14.9. The molecule has 0 aromatic heterocycles. The molecule has 0 bridgehead atoms. The van der Waals surface area contributed by atoms with Gasteiger partial charge in [-0.25, -0.2) is 8.78 Å². The third kappa shape index (κ3) is 3.96. The first-order valence-corrected chi connectivity index (χ1v) is 8.06. The minimum atomic E-state index is -1.36. The topological polar surface area (TPSA) is 49.8 Å². The Balaban J connectivity index is 1.81. The molecule has 0 heterocycles. The van der Waals surface area contributed by atoms with Gasteiger partial charge in [0, 0.05) is 24.2 Å². The molecule has 2 aromatic rings. The zero-order valence-corrected chi connectivity index (χ0v) is 13.8. The summed E-state index contributed by atoms with van der Waals surface area (Å²) in [5.74, 6) is -1.33. The Bertz CT molecular complexity index is 777. The molecule has 2 aromatic carbocycles. The maximum atomic E-state index is 13.9. The van der Waals surface area contributed by atoms with Crippen LogP contribution in [0.4, 0.5) is 8.78 Å². The Hall–Kier alpha value is -2.47. The number of halogens is 2. The lowest BCUT2D eigenvalue weighted by atomic mass is 10.1. The van der Waals surface area contributed by atoms with E-state index >= 15 is 0 Å². The number of carbonyl (C=O) groups excluding carboxylic acids is 1. The van der Waals surface area contributed by atoms with Crippen LogP contribution in [0.2, 0.25) is 0 Å². The number of aliphatic hydroxyl groups is 1. The molecule has 1 fully saturated rings. The average molecular weight is 347 g/mol. The van der Waals surface area contributed by atoms with Gasteiger partial charge < -0.3 is 14.7 Å². The van der Waals surface area contributed by atoms with E-state index in [1.807, 2.05) is 0 Å². The Kier molecular flexibility index (Phi) is 4.99. The number of carbonyl (C=O) groups is 1. The second-order valence-corrected chi connectivity index (χ2v) is 6.11. The fourth-order valence-electron chi connectivity index (χ4n) is 2.72. The molecule has 1 amide bonds. The number of hydrogen-bond acceptors (Lipinski definition) is 3. The van der Waals surface area contributed by atoms with Crippen LogP contribution in [0.5, 0.6) is 5.75 Å². The highest BCUT2D eigenvalue weighted by Crippen LogP contribution is 2.32. The van der Waals surface area contributed by atoms with Crippen molar-refractivity contribution in [3.05, 3.63) is 65.2 Å². The van der Waals surface area contributed by atoms with Gasteiger partial charge >= 0.3 is 0 Å². The predicted molar refractivity (Wildman–Crippen MR) is 87.9 cm³/mol. The number of aliphatic hydroxyl groups excluding tert-OH is 1. The fraction of sp³-hybridized carbons (Fsp3) is 0.316. The van der Waals surface area contributed by atoms with E-state index in [-0.39, 0.29) is 18.2 Å². The summed E-state index contributed by atoms with van der Waals surface area (Å²) in [5.41, 5.74) is 0.633. The lowest BCUT2D eigenvalue weighted by Crippen LogP contribution is -2.36. The Morgan fingerprint density at radius 1 is 1.28 bits per heavy atom. The Morgan fingerprint density at radius 2 is 2.04 bits per heavy atom. The van der Waals surface area contributed by atoms with Crippen molar-refractivity contribution in [2.45, 2.75) is 31.5 Å². The molecule has 1 aliphatic carbocycles. The lowest BCUT2D eigenvalue weighted by molar-refractivity contribution is -0.141. The van der Waals surface area contributed by atoms with Gasteiger partial charge in [-0.15, -0.1) is 0 Å². The highest BCUT2D eigenvalue weighted by molar-refractivity contribution is 5.82. The summed E-state index contributed by atoms with van der Waals surface area (Å²) in [5, 5.41) is 10.4. The molecule has 1 N–H and O–H groups in total.